The van der Waals surface area contributed by atoms with Crippen molar-refractivity contribution in [1.29, 1.82) is 0 Å². The Hall–Kier alpha value is -0.850. The summed E-state index contributed by atoms with van der Waals surface area (Å²) in [5.41, 5.74) is 4.75. The van der Waals surface area contributed by atoms with Crippen LogP contribution in [-0.4, -0.2) is 14.5 Å². The lowest BCUT2D eigenvalue weighted by Gasteiger charge is -2.11. The second-order valence-corrected chi connectivity index (χ2v) is 8.42. The minimum absolute atomic E-state index is 0.0820. The molecule has 0 saturated heterocycles. The van der Waals surface area contributed by atoms with Crippen molar-refractivity contribution in [3.05, 3.63) is 23.0 Å². The second kappa shape index (κ2) is 4.32. The molecule has 0 aliphatic heterocycles. The number of benzene rings is 1. The molecule has 0 amide bonds. The predicted octanol–water partition coefficient (Wildman–Crippen LogP) is 2.77. The van der Waals surface area contributed by atoms with Crippen LogP contribution in [0.15, 0.2) is 17.0 Å². The summed E-state index contributed by atoms with van der Waals surface area (Å²) in [6.45, 7) is 7.84. The van der Waals surface area contributed by atoms with Gasteiger partial charge in [0.05, 0.1) is 5.69 Å². The van der Waals surface area contributed by atoms with E-state index in [0.29, 0.717) is 0 Å². The summed E-state index contributed by atoms with van der Waals surface area (Å²) >= 11 is 5.75. The minimum Gasteiger partial charge on any atom is -0.396 e. The number of nitrogens with two attached hydrogens (primary N) is 1. The molecule has 0 radical (unpaired) electrons. The predicted molar refractivity (Wildman–Crippen MR) is 77.5 cm³/mol. The van der Waals surface area contributed by atoms with Gasteiger partial charge in [-0.05, 0) is 23.0 Å². The quantitative estimate of drug-likeness (QED) is 0.841. The van der Waals surface area contributed by atoms with Crippen LogP contribution in [0.25, 0.3) is 0 Å². The first-order valence-corrected chi connectivity index (χ1v) is 8.04. The fourth-order valence-electron chi connectivity index (χ4n) is 2.49. The van der Waals surface area contributed by atoms with Gasteiger partial charge >= 0.3 is 0 Å². The largest absolute Gasteiger partial charge is 0.396 e. The molecule has 1 aromatic carbocycles. The second-order valence-electron chi connectivity index (χ2n) is 6.30. The molecule has 1 aromatic rings. The Morgan fingerprint density at radius 3 is 2.20 bits per heavy atom. The average Bonchev–Trinajstić information content (AvgIpc) is 2.65. The highest BCUT2D eigenvalue weighted by Gasteiger charge is 2.66. The molecule has 0 bridgehead atoms. The topological polar surface area (TPSA) is 72.2 Å². The maximum Gasteiger partial charge on any atom is 0.243 e. The molecule has 112 valence electrons. The van der Waals surface area contributed by atoms with Gasteiger partial charge in [0, 0.05) is 11.1 Å². The lowest BCUT2D eigenvalue weighted by molar-refractivity contribution is 0.457. The number of rotatable bonds is 3. The van der Waals surface area contributed by atoms with Crippen LogP contribution >= 0.6 is 11.6 Å². The van der Waals surface area contributed by atoms with E-state index in [9.17, 15) is 12.8 Å². The van der Waals surface area contributed by atoms with Crippen molar-refractivity contribution in [2.24, 2.45) is 10.8 Å². The molecule has 0 unspecified atom stereocenters. The number of halogens is 2. The summed E-state index contributed by atoms with van der Waals surface area (Å²) in [5.74, 6) is -0.974. The summed E-state index contributed by atoms with van der Waals surface area (Å²) in [6.07, 6.45) is 0. The van der Waals surface area contributed by atoms with Crippen molar-refractivity contribution in [1.82, 2.24) is 4.72 Å². The number of nitrogen functional groups attached to an aromatic ring is 1. The van der Waals surface area contributed by atoms with Gasteiger partial charge in [-0.15, -0.1) is 0 Å². The zero-order valence-electron chi connectivity index (χ0n) is 11.8. The van der Waals surface area contributed by atoms with Crippen LogP contribution in [0.4, 0.5) is 10.1 Å². The normalized spacial score (nSPS) is 20.9. The molecule has 0 aromatic heterocycles. The SMILES string of the molecule is CC1(C)C(NS(=O)(=O)c2cc(Cl)cc(N)c2F)C1(C)C. The third-order valence-electron chi connectivity index (χ3n) is 4.62. The van der Waals surface area contributed by atoms with E-state index in [2.05, 4.69) is 4.72 Å². The lowest BCUT2D eigenvalue weighted by atomic mass is 10.0. The summed E-state index contributed by atoms with van der Waals surface area (Å²) in [7, 11) is -4.00. The molecule has 2 rings (SSSR count). The van der Waals surface area contributed by atoms with Crippen molar-refractivity contribution in [3.63, 3.8) is 0 Å². The van der Waals surface area contributed by atoms with Gasteiger partial charge in [0.1, 0.15) is 4.90 Å². The molecule has 4 nitrogen and oxygen atoms in total. The van der Waals surface area contributed by atoms with Crippen LogP contribution in [-0.2, 0) is 10.0 Å². The fourth-order valence-corrected chi connectivity index (χ4v) is 4.44. The summed E-state index contributed by atoms with van der Waals surface area (Å²) in [4.78, 5) is -0.513. The van der Waals surface area contributed by atoms with E-state index in [1.54, 1.807) is 0 Å². The Balaban J connectivity index is 2.39. The molecule has 1 aliphatic carbocycles. The standard InChI is InChI=1S/C13H18ClFN2O2S/c1-12(2)11(13(12,3)4)17-20(18,19)9-6-7(14)5-8(16)10(9)15/h5-6,11,17H,16H2,1-4H3. The van der Waals surface area contributed by atoms with Crippen molar-refractivity contribution in [2.75, 3.05) is 5.73 Å². The van der Waals surface area contributed by atoms with Crippen LogP contribution < -0.4 is 10.5 Å². The van der Waals surface area contributed by atoms with Gasteiger partial charge in [0.15, 0.2) is 5.82 Å². The molecular formula is C13H18ClFN2O2S. The van der Waals surface area contributed by atoms with E-state index in [1.165, 1.54) is 6.07 Å². The van der Waals surface area contributed by atoms with E-state index >= 15 is 0 Å². The molecule has 0 spiro atoms. The van der Waals surface area contributed by atoms with Gasteiger partial charge in [-0.1, -0.05) is 39.3 Å². The maximum absolute atomic E-state index is 13.9. The Bertz CT molecular complexity index is 657. The van der Waals surface area contributed by atoms with Gasteiger partial charge < -0.3 is 5.73 Å². The van der Waals surface area contributed by atoms with Gasteiger partial charge in [-0.2, -0.15) is 0 Å². The van der Waals surface area contributed by atoms with Crippen LogP contribution in [0.1, 0.15) is 27.7 Å². The molecule has 0 atom stereocenters. The third kappa shape index (κ3) is 2.19. The van der Waals surface area contributed by atoms with Gasteiger partial charge in [-0.25, -0.2) is 17.5 Å². The Labute approximate surface area is 123 Å². The number of hydrogen-bond donors (Lipinski definition) is 2. The summed E-state index contributed by atoms with van der Waals surface area (Å²) in [5, 5.41) is 0.0820. The van der Waals surface area contributed by atoms with Crippen molar-refractivity contribution in [3.8, 4) is 0 Å². The van der Waals surface area contributed by atoms with E-state index in [-0.39, 0.29) is 27.6 Å². The smallest absolute Gasteiger partial charge is 0.243 e. The molecular weight excluding hydrogens is 303 g/mol. The fraction of sp³-hybridized carbons (Fsp3) is 0.538. The first-order valence-electron chi connectivity index (χ1n) is 6.18. The highest BCUT2D eigenvalue weighted by Crippen LogP contribution is 2.63. The summed E-state index contributed by atoms with van der Waals surface area (Å²) < 4.78 is 41.1. The molecule has 1 aliphatic rings. The number of sulfonamides is 1. The van der Waals surface area contributed by atoms with Crippen LogP contribution in [0.2, 0.25) is 5.02 Å². The highest BCUT2D eigenvalue weighted by molar-refractivity contribution is 7.89. The molecule has 0 heterocycles. The maximum atomic E-state index is 13.9. The Kier molecular flexibility index (Phi) is 3.36. The van der Waals surface area contributed by atoms with Gasteiger partial charge in [-0.3, -0.25) is 0 Å². The number of nitrogens with one attached hydrogen (secondary N) is 1. The highest BCUT2D eigenvalue weighted by atomic mass is 35.5. The summed E-state index contributed by atoms with van der Waals surface area (Å²) in [6, 6.07) is 1.98. The third-order valence-corrected chi connectivity index (χ3v) is 6.26. The first-order chi connectivity index (χ1) is 8.91. The monoisotopic (exact) mass is 320 g/mol. The van der Waals surface area contributed by atoms with Gasteiger partial charge in [0.25, 0.3) is 0 Å². The molecule has 1 saturated carbocycles. The van der Waals surface area contributed by atoms with E-state index in [1.807, 2.05) is 27.7 Å². The minimum atomic E-state index is -4.00. The molecule has 1 fully saturated rings. The van der Waals surface area contributed by atoms with Crippen molar-refractivity contribution < 1.29 is 12.8 Å². The Morgan fingerprint density at radius 1 is 1.25 bits per heavy atom. The Morgan fingerprint density at radius 2 is 1.75 bits per heavy atom. The average molecular weight is 321 g/mol. The molecule has 7 heteroatoms. The van der Waals surface area contributed by atoms with Crippen LogP contribution in [0.5, 0.6) is 0 Å². The van der Waals surface area contributed by atoms with E-state index < -0.39 is 20.7 Å². The van der Waals surface area contributed by atoms with Crippen LogP contribution in [0.3, 0.4) is 0 Å². The number of anilines is 1. The van der Waals surface area contributed by atoms with E-state index in [0.717, 1.165) is 6.07 Å². The molecule has 20 heavy (non-hydrogen) atoms. The van der Waals surface area contributed by atoms with Crippen molar-refractivity contribution in [2.45, 2.75) is 38.6 Å². The van der Waals surface area contributed by atoms with Crippen molar-refractivity contribution >= 4 is 27.3 Å². The van der Waals surface area contributed by atoms with E-state index in [4.69, 9.17) is 17.3 Å². The zero-order valence-corrected chi connectivity index (χ0v) is 13.4. The van der Waals surface area contributed by atoms with Crippen LogP contribution in [0, 0.1) is 16.6 Å². The number of hydrogen-bond acceptors (Lipinski definition) is 3. The molecule has 3 N–H and O–H groups in total. The first kappa shape index (κ1) is 15.5. The lowest BCUT2D eigenvalue weighted by Crippen LogP contribution is -2.30. The van der Waals surface area contributed by atoms with Gasteiger partial charge in [0.2, 0.25) is 10.0 Å². The zero-order chi connectivity index (χ0) is 15.5.